The van der Waals surface area contributed by atoms with Gasteiger partial charge in [0.05, 0.1) is 12.7 Å². The minimum atomic E-state index is 0.437. The molecular formula is C15H20N2O2. The van der Waals surface area contributed by atoms with E-state index in [0.29, 0.717) is 11.7 Å². The Labute approximate surface area is 113 Å². The lowest BCUT2D eigenvalue weighted by Crippen LogP contribution is -1.94. The molecule has 2 N–H and O–H groups in total. The Hall–Kier alpha value is -1.97. The molecule has 0 spiro atoms. The zero-order valence-electron chi connectivity index (χ0n) is 11.6. The summed E-state index contributed by atoms with van der Waals surface area (Å²) in [4.78, 5) is 0. The monoisotopic (exact) mass is 260 g/mol. The molecule has 1 aromatic heterocycles. The van der Waals surface area contributed by atoms with Crippen LogP contribution in [0, 0.1) is 5.92 Å². The molecule has 19 heavy (non-hydrogen) atoms. The van der Waals surface area contributed by atoms with Gasteiger partial charge in [0.15, 0.2) is 5.82 Å². The van der Waals surface area contributed by atoms with Crippen molar-refractivity contribution in [2.24, 2.45) is 5.92 Å². The minimum absolute atomic E-state index is 0.437. The highest BCUT2D eigenvalue weighted by molar-refractivity contribution is 5.76. The first-order chi connectivity index (χ1) is 9.11. The molecule has 1 heterocycles. The molecule has 2 rings (SSSR count). The SMILES string of the molecule is COc1cccc(-c2c(N)noc2CCC(C)C)c1. The van der Waals surface area contributed by atoms with Gasteiger partial charge in [0.2, 0.25) is 0 Å². The zero-order valence-corrected chi connectivity index (χ0v) is 11.6. The van der Waals surface area contributed by atoms with Crippen LogP contribution in [0.15, 0.2) is 28.8 Å². The van der Waals surface area contributed by atoms with Crippen molar-refractivity contribution in [2.75, 3.05) is 12.8 Å². The Kier molecular flexibility index (Phi) is 4.10. The molecule has 0 atom stereocenters. The fraction of sp³-hybridized carbons (Fsp3) is 0.400. The summed E-state index contributed by atoms with van der Waals surface area (Å²) >= 11 is 0. The van der Waals surface area contributed by atoms with Gasteiger partial charge in [0, 0.05) is 6.42 Å². The molecule has 0 aliphatic rings. The van der Waals surface area contributed by atoms with Gasteiger partial charge in [0.1, 0.15) is 11.5 Å². The van der Waals surface area contributed by atoms with Gasteiger partial charge in [0.25, 0.3) is 0 Å². The van der Waals surface area contributed by atoms with Crippen molar-refractivity contribution in [1.29, 1.82) is 0 Å². The smallest absolute Gasteiger partial charge is 0.175 e. The molecule has 0 saturated heterocycles. The van der Waals surface area contributed by atoms with E-state index in [4.69, 9.17) is 15.0 Å². The number of rotatable bonds is 5. The van der Waals surface area contributed by atoms with Crippen LogP contribution in [0.1, 0.15) is 26.0 Å². The summed E-state index contributed by atoms with van der Waals surface area (Å²) in [5.41, 5.74) is 7.80. The number of nitrogens with two attached hydrogens (primary N) is 1. The maximum atomic E-state index is 5.93. The summed E-state index contributed by atoms with van der Waals surface area (Å²) < 4.78 is 10.6. The van der Waals surface area contributed by atoms with Crippen LogP contribution in [0.25, 0.3) is 11.1 Å². The maximum absolute atomic E-state index is 5.93. The molecular weight excluding hydrogens is 240 g/mol. The second kappa shape index (κ2) is 5.78. The number of methoxy groups -OCH3 is 1. The molecule has 4 heteroatoms. The van der Waals surface area contributed by atoms with Crippen molar-refractivity contribution in [3.63, 3.8) is 0 Å². The molecule has 0 amide bonds. The van der Waals surface area contributed by atoms with Crippen LogP contribution in [-0.2, 0) is 6.42 Å². The van der Waals surface area contributed by atoms with E-state index < -0.39 is 0 Å². The topological polar surface area (TPSA) is 61.3 Å². The number of benzene rings is 1. The normalized spacial score (nSPS) is 10.9. The van der Waals surface area contributed by atoms with Crippen molar-refractivity contribution >= 4 is 5.82 Å². The fourth-order valence-electron chi connectivity index (χ4n) is 2.02. The number of hydrogen-bond donors (Lipinski definition) is 1. The molecule has 0 saturated carbocycles. The van der Waals surface area contributed by atoms with Crippen LogP contribution in [-0.4, -0.2) is 12.3 Å². The lowest BCUT2D eigenvalue weighted by molar-refractivity contribution is 0.376. The number of hydrogen-bond acceptors (Lipinski definition) is 4. The zero-order chi connectivity index (χ0) is 13.8. The van der Waals surface area contributed by atoms with Gasteiger partial charge >= 0.3 is 0 Å². The van der Waals surface area contributed by atoms with E-state index in [1.807, 2.05) is 24.3 Å². The van der Waals surface area contributed by atoms with E-state index in [1.165, 1.54) is 0 Å². The summed E-state index contributed by atoms with van der Waals surface area (Å²) in [6.45, 7) is 4.37. The number of ether oxygens (including phenoxy) is 1. The van der Waals surface area contributed by atoms with E-state index in [1.54, 1.807) is 7.11 Å². The summed E-state index contributed by atoms with van der Waals surface area (Å²) in [7, 11) is 1.65. The minimum Gasteiger partial charge on any atom is -0.497 e. The number of nitrogen functional groups attached to an aromatic ring is 1. The highest BCUT2D eigenvalue weighted by Crippen LogP contribution is 2.32. The Bertz CT molecular complexity index is 547. The van der Waals surface area contributed by atoms with Crippen molar-refractivity contribution in [3.8, 4) is 16.9 Å². The third kappa shape index (κ3) is 3.08. The van der Waals surface area contributed by atoms with E-state index in [0.717, 1.165) is 35.5 Å². The molecule has 1 aromatic carbocycles. The lowest BCUT2D eigenvalue weighted by atomic mass is 10.0. The first kappa shape index (κ1) is 13.5. The number of nitrogens with zero attached hydrogens (tertiary/aromatic N) is 1. The highest BCUT2D eigenvalue weighted by atomic mass is 16.5. The summed E-state index contributed by atoms with van der Waals surface area (Å²) in [6.07, 6.45) is 1.89. The Morgan fingerprint density at radius 3 is 2.84 bits per heavy atom. The predicted octanol–water partition coefficient (Wildman–Crippen LogP) is 3.52. The molecule has 4 nitrogen and oxygen atoms in total. The molecule has 0 aliphatic heterocycles. The van der Waals surface area contributed by atoms with E-state index in [9.17, 15) is 0 Å². The van der Waals surface area contributed by atoms with Crippen LogP contribution in [0.4, 0.5) is 5.82 Å². The molecule has 102 valence electrons. The highest BCUT2D eigenvalue weighted by Gasteiger charge is 2.16. The molecule has 0 radical (unpaired) electrons. The van der Waals surface area contributed by atoms with Crippen LogP contribution in [0.2, 0.25) is 0 Å². The van der Waals surface area contributed by atoms with E-state index in [-0.39, 0.29) is 0 Å². The van der Waals surface area contributed by atoms with Gasteiger partial charge in [-0.05, 0) is 30.0 Å². The lowest BCUT2D eigenvalue weighted by Gasteiger charge is -2.06. The van der Waals surface area contributed by atoms with Gasteiger partial charge in [-0.3, -0.25) is 0 Å². The second-order valence-corrected chi connectivity index (χ2v) is 5.03. The summed E-state index contributed by atoms with van der Waals surface area (Å²) in [5.74, 6) is 2.70. The predicted molar refractivity (Wildman–Crippen MR) is 76.1 cm³/mol. The maximum Gasteiger partial charge on any atom is 0.175 e. The molecule has 0 unspecified atom stereocenters. The Morgan fingerprint density at radius 1 is 1.37 bits per heavy atom. The Balaban J connectivity index is 2.34. The second-order valence-electron chi connectivity index (χ2n) is 5.03. The Morgan fingerprint density at radius 2 is 2.16 bits per heavy atom. The van der Waals surface area contributed by atoms with Gasteiger partial charge in [-0.15, -0.1) is 0 Å². The third-order valence-corrected chi connectivity index (χ3v) is 3.10. The molecule has 0 fully saturated rings. The van der Waals surface area contributed by atoms with Crippen molar-refractivity contribution < 1.29 is 9.26 Å². The third-order valence-electron chi connectivity index (χ3n) is 3.10. The van der Waals surface area contributed by atoms with E-state index >= 15 is 0 Å². The van der Waals surface area contributed by atoms with Crippen molar-refractivity contribution in [2.45, 2.75) is 26.7 Å². The van der Waals surface area contributed by atoms with Crippen molar-refractivity contribution in [3.05, 3.63) is 30.0 Å². The largest absolute Gasteiger partial charge is 0.497 e. The molecule has 0 bridgehead atoms. The van der Waals surface area contributed by atoms with Crippen LogP contribution < -0.4 is 10.5 Å². The number of anilines is 1. The van der Waals surface area contributed by atoms with Gasteiger partial charge < -0.3 is 15.0 Å². The fourth-order valence-corrected chi connectivity index (χ4v) is 2.02. The molecule has 0 aliphatic carbocycles. The van der Waals surface area contributed by atoms with Crippen LogP contribution >= 0.6 is 0 Å². The van der Waals surface area contributed by atoms with Crippen molar-refractivity contribution in [1.82, 2.24) is 5.16 Å². The standard InChI is InChI=1S/C15H20N2O2/c1-10(2)7-8-13-14(15(16)17-19-13)11-5-4-6-12(9-11)18-3/h4-6,9-10H,7-8H2,1-3H3,(H2,16,17). The first-order valence-corrected chi connectivity index (χ1v) is 6.50. The van der Waals surface area contributed by atoms with Gasteiger partial charge in [-0.25, -0.2) is 0 Å². The number of aryl methyl sites for hydroxylation is 1. The first-order valence-electron chi connectivity index (χ1n) is 6.50. The quantitative estimate of drug-likeness (QED) is 0.893. The number of aromatic nitrogens is 1. The molecule has 2 aromatic rings. The van der Waals surface area contributed by atoms with Crippen LogP contribution in [0.3, 0.4) is 0 Å². The average molecular weight is 260 g/mol. The van der Waals surface area contributed by atoms with Gasteiger partial charge in [-0.2, -0.15) is 0 Å². The van der Waals surface area contributed by atoms with E-state index in [2.05, 4.69) is 19.0 Å². The van der Waals surface area contributed by atoms with Crippen LogP contribution in [0.5, 0.6) is 5.75 Å². The average Bonchev–Trinajstić information content (AvgIpc) is 2.77. The van der Waals surface area contributed by atoms with Gasteiger partial charge in [-0.1, -0.05) is 31.1 Å². The summed E-state index contributed by atoms with van der Waals surface area (Å²) in [6, 6.07) is 7.78. The summed E-state index contributed by atoms with van der Waals surface area (Å²) in [5, 5.41) is 3.89.